The third-order valence-corrected chi connectivity index (χ3v) is 3.94. The van der Waals surface area contributed by atoms with E-state index in [9.17, 15) is 9.59 Å². The summed E-state index contributed by atoms with van der Waals surface area (Å²) < 4.78 is 0. The summed E-state index contributed by atoms with van der Waals surface area (Å²) in [5.41, 5.74) is 2.23. The maximum Gasteiger partial charge on any atom is 0.326 e. The first-order valence-corrected chi connectivity index (χ1v) is 7.43. The second-order valence-electron chi connectivity index (χ2n) is 4.89. The molecule has 5 heteroatoms. The maximum atomic E-state index is 11.9. The molecule has 4 nitrogen and oxygen atoms in total. The predicted octanol–water partition coefficient (Wildman–Crippen LogP) is 2.78. The van der Waals surface area contributed by atoms with Crippen molar-refractivity contribution in [1.29, 1.82) is 0 Å². The highest BCUT2D eigenvalue weighted by molar-refractivity contribution is 7.99. The molecule has 1 heterocycles. The van der Waals surface area contributed by atoms with Crippen LogP contribution in [-0.2, 0) is 6.42 Å². The molecule has 106 valence electrons. The van der Waals surface area contributed by atoms with Crippen LogP contribution in [0.3, 0.4) is 0 Å². The van der Waals surface area contributed by atoms with Crippen molar-refractivity contribution in [3.8, 4) is 0 Å². The Morgan fingerprint density at radius 3 is 2.30 bits per heavy atom. The van der Waals surface area contributed by atoms with Crippen molar-refractivity contribution >= 4 is 11.8 Å². The summed E-state index contributed by atoms with van der Waals surface area (Å²) in [5, 5.41) is 0.644. The van der Waals surface area contributed by atoms with Crippen LogP contribution in [0.1, 0.15) is 30.0 Å². The topological polar surface area (TPSA) is 65.7 Å². The van der Waals surface area contributed by atoms with E-state index in [4.69, 9.17) is 0 Å². The molecule has 20 heavy (non-hydrogen) atoms. The van der Waals surface area contributed by atoms with Crippen LogP contribution in [0, 0.1) is 13.8 Å². The zero-order valence-electron chi connectivity index (χ0n) is 11.9. The van der Waals surface area contributed by atoms with Gasteiger partial charge in [0.2, 0.25) is 0 Å². The first-order valence-electron chi connectivity index (χ1n) is 6.61. The van der Waals surface area contributed by atoms with Crippen molar-refractivity contribution in [3.05, 3.63) is 55.7 Å². The van der Waals surface area contributed by atoms with Gasteiger partial charge in [-0.2, -0.15) is 0 Å². The fraction of sp³-hybridized carbons (Fsp3) is 0.333. The molecule has 2 rings (SSSR count). The molecule has 0 aliphatic carbocycles. The zero-order valence-corrected chi connectivity index (χ0v) is 12.7. The van der Waals surface area contributed by atoms with Crippen LogP contribution in [0.15, 0.2) is 37.7 Å². The number of rotatable bonds is 4. The predicted molar refractivity (Wildman–Crippen MR) is 81.7 cm³/mol. The minimum absolute atomic E-state index is 0.289. The zero-order chi connectivity index (χ0) is 14.7. The number of aromatic amines is 2. The van der Waals surface area contributed by atoms with Gasteiger partial charge in [-0.05, 0) is 43.5 Å². The molecule has 0 saturated heterocycles. The lowest BCUT2D eigenvalue weighted by atomic mass is 10.2. The molecule has 0 saturated carbocycles. The van der Waals surface area contributed by atoms with Gasteiger partial charge in [-0.15, -0.1) is 0 Å². The van der Waals surface area contributed by atoms with E-state index in [0.717, 1.165) is 22.4 Å². The molecular weight excluding hydrogens is 272 g/mol. The van der Waals surface area contributed by atoms with Crippen LogP contribution in [0.5, 0.6) is 0 Å². The lowest BCUT2D eigenvalue weighted by molar-refractivity contribution is 0.819. The van der Waals surface area contributed by atoms with E-state index in [1.807, 2.05) is 32.9 Å². The quantitative estimate of drug-likeness (QED) is 0.851. The number of hydrogen-bond acceptors (Lipinski definition) is 3. The molecule has 1 aromatic heterocycles. The van der Waals surface area contributed by atoms with Crippen molar-refractivity contribution < 1.29 is 0 Å². The third kappa shape index (κ3) is 3.42. The first-order chi connectivity index (χ1) is 9.49. The van der Waals surface area contributed by atoms with Crippen LogP contribution in [-0.4, -0.2) is 9.97 Å². The minimum atomic E-state index is -0.457. The lowest BCUT2D eigenvalue weighted by Crippen LogP contribution is -2.26. The summed E-state index contributed by atoms with van der Waals surface area (Å²) in [6.45, 7) is 6.07. The van der Waals surface area contributed by atoms with Gasteiger partial charge in [-0.1, -0.05) is 31.2 Å². The molecule has 0 atom stereocenters. The van der Waals surface area contributed by atoms with Gasteiger partial charge in [0, 0.05) is 10.5 Å². The van der Waals surface area contributed by atoms with Crippen LogP contribution in [0.25, 0.3) is 0 Å². The van der Waals surface area contributed by atoms with Gasteiger partial charge in [0.05, 0.1) is 5.03 Å². The molecule has 2 aromatic rings. The third-order valence-electron chi connectivity index (χ3n) is 2.92. The molecule has 0 bridgehead atoms. The van der Waals surface area contributed by atoms with E-state index in [0.29, 0.717) is 17.0 Å². The van der Waals surface area contributed by atoms with Crippen molar-refractivity contribution in [2.75, 3.05) is 0 Å². The second-order valence-corrected chi connectivity index (χ2v) is 5.98. The molecule has 0 amide bonds. The Morgan fingerprint density at radius 2 is 1.70 bits per heavy atom. The highest BCUT2D eigenvalue weighted by Crippen LogP contribution is 2.28. The molecule has 0 radical (unpaired) electrons. The number of aromatic nitrogens is 2. The fourth-order valence-corrected chi connectivity index (χ4v) is 3.35. The van der Waals surface area contributed by atoms with Crippen molar-refractivity contribution in [1.82, 2.24) is 9.97 Å². The molecule has 0 fully saturated rings. The fourth-order valence-electron chi connectivity index (χ4n) is 2.17. The highest BCUT2D eigenvalue weighted by Gasteiger charge is 2.10. The minimum Gasteiger partial charge on any atom is -0.301 e. The van der Waals surface area contributed by atoms with Crippen LogP contribution in [0.4, 0.5) is 0 Å². The molecule has 0 aliphatic heterocycles. The normalized spacial score (nSPS) is 10.8. The van der Waals surface area contributed by atoms with Gasteiger partial charge < -0.3 is 4.98 Å². The number of hydrogen-bond donors (Lipinski definition) is 2. The number of benzene rings is 1. The number of nitrogens with one attached hydrogen (secondary N) is 2. The Labute approximate surface area is 121 Å². The summed E-state index contributed by atoms with van der Waals surface area (Å²) >= 11 is 1.44. The SMILES string of the molecule is CCCc1c(Sc2cc(C)cc(C)c2)[nH]c(=O)[nH]c1=O. The summed E-state index contributed by atoms with van der Waals surface area (Å²) in [4.78, 5) is 29.4. The first kappa shape index (κ1) is 14.7. The average Bonchev–Trinajstić information content (AvgIpc) is 2.32. The molecule has 0 spiro atoms. The number of H-pyrrole nitrogens is 2. The van der Waals surface area contributed by atoms with Crippen molar-refractivity contribution in [2.24, 2.45) is 0 Å². The van der Waals surface area contributed by atoms with Gasteiger partial charge in [0.1, 0.15) is 0 Å². The maximum absolute atomic E-state index is 11.9. The molecule has 0 unspecified atom stereocenters. The standard InChI is InChI=1S/C15H18N2O2S/c1-4-5-12-13(18)16-15(19)17-14(12)20-11-7-9(2)6-10(3)8-11/h6-8H,4-5H2,1-3H3,(H2,16,17,18,19). The van der Waals surface area contributed by atoms with E-state index in [1.165, 1.54) is 11.8 Å². The van der Waals surface area contributed by atoms with Crippen LogP contribution < -0.4 is 11.2 Å². The molecule has 0 aliphatic rings. The van der Waals surface area contributed by atoms with Gasteiger partial charge in [0.15, 0.2) is 0 Å². The van der Waals surface area contributed by atoms with Crippen molar-refractivity contribution in [3.63, 3.8) is 0 Å². The smallest absolute Gasteiger partial charge is 0.301 e. The largest absolute Gasteiger partial charge is 0.326 e. The summed E-state index contributed by atoms with van der Waals surface area (Å²) in [5.74, 6) is 0. The summed E-state index contributed by atoms with van der Waals surface area (Å²) in [6.07, 6.45) is 1.51. The van der Waals surface area contributed by atoms with Crippen molar-refractivity contribution in [2.45, 2.75) is 43.5 Å². The Hall–Kier alpha value is -1.75. The average molecular weight is 290 g/mol. The lowest BCUT2D eigenvalue weighted by Gasteiger charge is -2.08. The Morgan fingerprint density at radius 1 is 1.05 bits per heavy atom. The molecule has 1 aromatic carbocycles. The Balaban J connectivity index is 2.46. The van der Waals surface area contributed by atoms with Gasteiger partial charge in [-0.3, -0.25) is 9.78 Å². The van der Waals surface area contributed by atoms with E-state index in [-0.39, 0.29) is 5.56 Å². The van der Waals surface area contributed by atoms with Crippen LogP contribution >= 0.6 is 11.8 Å². The second kappa shape index (κ2) is 6.13. The summed E-state index contributed by atoms with van der Waals surface area (Å²) in [7, 11) is 0. The molecule has 2 N–H and O–H groups in total. The van der Waals surface area contributed by atoms with E-state index < -0.39 is 5.69 Å². The summed E-state index contributed by atoms with van der Waals surface area (Å²) in [6, 6.07) is 6.19. The van der Waals surface area contributed by atoms with Crippen LogP contribution in [0.2, 0.25) is 0 Å². The van der Waals surface area contributed by atoms with E-state index >= 15 is 0 Å². The monoisotopic (exact) mass is 290 g/mol. The van der Waals surface area contributed by atoms with Gasteiger partial charge >= 0.3 is 5.69 Å². The Bertz CT molecular complexity index is 711. The Kier molecular flexibility index (Phi) is 4.49. The number of aryl methyl sites for hydroxylation is 2. The van der Waals surface area contributed by atoms with Gasteiger partial charge in [0.25, 0.3) is 5.56 Å². The van der Waals surface area contributed by atoms with E-state index in [2.05, 4.69) is 16.0 Å². The molecular formula is C15H18N2O2S. The van der Waals surface area contributed by atoms with Gasteiger partial charge in [-0.25, -0.2) is 4.79 Å². The van der Waals surface area contributed by atoms with E-state index in [1.54, 1.807) is 0 Å². The highest BCUT2D eigenvalue weighted by atomic mass is 32.2.